The van der Waals surface area contributed by atoms with Crippen LogP contribution in [0.1, 0.15) is 33.6 Å². The van der Waals surface area contributed by atoms with Gasteiger partial charge < -0.3 is 13.8 Å². The molecule has 0 saturated carbocycles. The molecule has 0 N–H and O–H groups in total. The largest absolute Gasteiger partial charge is 0.398 e. The monoisotopic (exact) mass is 367 g/mol. The predicted octanol–water partition coefficient (Wildman–Crippen LogP) is 4.83. The highest BCUT2D eigenvalue weighted by atomic mass is 28.4. The molecule has 0 radical (unpaired) electrons. The van der Waals surface area contributed by atoms with Crippen molar-refractivity contribution in [2.24, 2.45) is 0 Å². The summed E-state index contributed by atoms with van der Waals surface area (Å²) in [6, 6.07) is 11.8. The molecule has 1 aromatic carbocycles. The second-order valence-electron chi connectivity index (χ2n) is 8.16. The Morgan fingerprint density at radius 2 is 1.71 bits per heavy atom. The van der Waals surface area contributed by atoms with E-state index in [1.54, 1.807) is 0 Å². The van der Waals surface area contributed by atoms with E-state index in [2.05, 4.69) is 75.6 Å². The summed E-state index contributed by atoms with van der Waals surface area (Å²) in [4.78, 5) is 2.50. The van der Waals surface area contributed by atoms with Crippen molar-refractivity contribution in [3.63, 3.8) is 0 Å². The Bertz CT molecular complexity index is 462. The fraction of sp³-hybridized carbons (Fsp3) is 0.684. The van der Waals surface area contributed by atoms with E-state index in [9.17, 15) is 0 Å². The highest BCUT2D eigenvalue weighted by Gasteiger charge is 2.30. The molecule has 0 aromatic heterocycles. The molecule has 0 fully saturated rings. The Kier molecular flexibility index (Phi) is 8.70. The van der Waals surface area contributed by atoms with Gasteiger partial charge in [-0.3, -0.25) is 0 Å². The van der Waals surface area contributed by atoms with E-state index in [0.717, 1.165) is 25.2 Å². The fourth-order valence-electron chi connectivity index (χ4n) is 2.75. The third kappa shape index (κ3) is 7.51. The van der Waals surface area contributed by atoms with Crippen LogP contribution < -0.4 is 4.90 Å². The number of hydrogen-bond acceptors (Lipinski definition) is 3. The summed E-state index contributed by atoms with van der Waals surface area (Å²) in [5.41, 5.74) is 1.43. The number of para-hydroxylation sites is 1. The van der Waals surface area contributed by atoms with E-state index >= 15 is 0 Å². The molecule has 1 aromatic rings. The highest BCUT2D eigenvalue weighted by molar-refractivity contribution is 6.67. The quantitative estimate of drug-likeness (QED) is 0.436. The second-order valence-corrected chi connectivity index (χ2v) is 14.7. The molecule has 0 aliphatic heterocycles. The Morgan fingerprint density at radius 1 is 1.08 bits per heavy atom. The second kappa shape index (κ2) is 9.75. The zero-order valence-corrected chi connectivity index (χ0v) is 18.9. The standard InChI is InChI=1S/C19H37NO2Si2/c1-19(2,3)20(18-13-9-8-10-14-18)15-11-12-16-24(7,21-4)22-17-23(5)6/h8-10,13-14,23H,11-12,15-17H2,1-7H3. The van der Waals surface area contributed by atoms with Gasteiger partial charge in [-0.05, 0) is 58.3 Å². The minimum Gasteiger partial charge on any atom is -0.398 e. The first-order valence-electron chi connectivity index (χ1n) is 9.20. The van der Waals surface area contributed by atoms with Crippen LogP contribution in [0.25, 0.3) is 0 Å². The SMILES string of the molecule is CO[Si](C)(CCCCN(c1ccccc1)C(C)(C)C)OC[SiH](C)C. The van der Waals surface area contributed by atoms with Gasteiger partial charge in [0.25, 0.3) is 0 Å². The first-order valence-corrected chi connectivity index (χ1v) is 14.8. The molecule has 0 aliphatic carbocycles. The first-order chi connectivity index (χ1) is 11.2. The van der Waals surface area contributed by atoms with Gasteiger partial charge in [0.15, 0.2) is 0 Å². The molecule has 0 saturated heterocycles. The Hall–Kier alpha value is -0.626. The molecule has 1 atom stereocenters. The lowest BCUT2D eigenvalue weighted by atomic mass is 10.0. The zero-order chi connectivity index (χ0) is 18.2. The number of rotatable bonds is 10. The molecule has 138 valence electrons. The first kappa shape index (κ1) is 21.4. The summed E-state index contributed by atoms with van der Waals surface area (Å²) < 4.78 is 11.9. The number of hydrogen-bond donors (Lipinski definition) is 0. The van der Waals surface area contributed by atoms with Crippen LogP contribution in [0.3, 0.4) is 0 Å². The number of nitrogens with zero attached hydrogens (tertiary/aromatic N) is 1. The van der Waals surface area contributed by atoms with Crippen LogP contribution in [0.15, 0.2) is 30.3 Å². The number of benzene rings is 1. The van der Waals surface area contributed by atoms with Crippen LogP contribution in [-0.2, 0) is 8.85 Å². The van der Waals surface area contributed by atoms with Crippen molar-refractivity contribution >= 4 is 23.0 Å². The zero-order valence-electron chi connectivity index (χ0n) is 16.8. The number of anilines is 1. The van der Waals surface area contributed by atoms with Gasteiger partial charge in [0.1, 0.15) is 0 Å². The summed E-state index contributed by atoms with van der Waals surface area (Å²) in [5.74, 6) is 0. The Balaban J connectivity index is 2.53. The van der Waals surface area contributed by atoms with E-state index in [-0.39, 0.29) is 5.54 Å². The van der Waals surface area contributed by atoms with Crippen LogP contribution in [0, 0.1) is 0 Å². The van der Waals surface area contributed by atoms with Gasteiger partial charge in [-0.15, -0.1) is 0 Å². The lowest BCUT2D eigenvalue weighted by Crippen LogP contribution is -2.43. The summed E-state index contributed by atoms with van der Waals surface area (Å²) >= 11 is 0. The van der Waals surface area contributed by atoms with Gasteiger partial charge in [-0.25, -0.2) is 0 Å². The van der Waals surface area contributed by atoms with E-state index in [1.807, 2.05) is 7.11 Å². The van der Waals surface area contributed by atoms with Gasteiger partial charge in [0, 0.05) is 31.1 Å². The molecule has 0 bridgehead atoms. The van der Waals surface area contributed by atoms with E-state index in [0.29, 0.717) is 0 Å². The van der Waals surface area contributed by atoms with Crippen LogP contribution in [0.5, 0.6) is 0 Å². The van der Waals surface area contributed by atoms with E-state index in [4.69, 9.17) is 8.85 Å². The van der Waals surface area contributed by atoms with Gasteiger partial charge in [-0.1, -0.05) is 31.3 Å². The average molecular weight is 368 g/mol. The molecule has 5 heteroatoms. The molecule has 0 amide bonds. The topological polar surface area (TPSA) is 21.7 Å². The van der Waals surface area contributed by atoms with Crippen molar-refractivity contribution in [1.82, 2.24) is 0 Å². The molecule has 0 heterocycles. The van der Waals surface area contributed by atoms with Crippen molar-refractivity contribution < 1.29 is 8.85 Å². The lowest BCUT2D eigenvalue weighted by Gasteiger charge is -2.38. The van der Waals surface area contributed by atoms with Crippen LogP contribution >= 0.6 is 0 Å². The third-order valence-electron chi connectivity index (χ3n) is 4.29. The third-order valence-corrected chi connectivity index (χ3v) is 8.36. The van der Waals surface area contributed by atoms with Gasteiger partial charge in [0.05, 0.1) is 8.80 Å². The maximum Gasteiger partial charge on any atom is 0.334 e. The van der Waals surface area contributed by atoms with Crippen molar-refractivity contribution in [2.75, 3.05) is 24.8 Å². The van der Waals surface area contributed by atoms with Crippen molar-refractivity contribution in [2.45, 2.75) is 64.8 Å². The molecule has 24 heavy (non-hydrogen) atoms. The van der Waals surface area contributed by atoms with E-state index < -0.39 is 17.4 Å². The summed E-state index contributed by atoms with van der Waals surface area (Å²) in [5, 5.41) is 0. The minimum atomic E-state index is -1.97. The van der Waals surface area contributed by atoms with Crippen LogP contribution in [0.2, 0.25) is 25.7 Å². The molecule has 3 nitrogen and oxygen atoms in total. The number of unbranched alkanes of at least 4 members (excludes halogenated alkanes) is 1. The van der Waals surface area contributed by atoms with Crippen molar-refractivity contribution in [1.29, 1.82) is 0 Å². The maximum absolute atomic E-state index is 6.16. The van der Waals surface area contributed by atoms with Crippen LogP contribution in [-0.4, -0.2) is 42.8 Å². The van der Waals surface area contributed by atoms with Crippen molar-refractivity contribution in [3.05, 3.63) is 30.3 Å². The average Bonchev–Trinajstić information content (AvgIpc) is 2.52. The normalized spacial score (nSPS) is 14.7. The predicted molar refractivity (Wildman–Crippen MR) is 111 cm³/mol. The maximum atomic E-state index is 6.16. The Morgan fingerprint density at radius 3 is 2.21 bits per heavy atom. The molecule has 1 rings (SSSR count). The molecule has 1 unspecified atom stereocenters. The molecule has 0 spiro atoms. The lowest BCUT2D eigenvalue weighted by molar-refractivity contribution is 0.233. The summed E-state index contributed by atoms with van der Waals surface area (Å²) in [7, 11) is -0.829. The van der Waals surface area contributed by atoms with Gasteiger partial charge >= 0.3 is 8.56 Å². The van der Waals surface area contributed by atoms with Gasteiger partial charge in [0.2, 0.25) is 0 Å². The Labute approximate surface area is 152 Å². The molecular formula is C19H37NO2Si2. The summed E-state index contributed by atoms with van der Waals surface area (Å²) in [6.07, 6.45) is 3.27. The molecule has 0 aliphatic rings. The molecular weight excluding hydrogens is 330 g/mol. The van der Waals surface area contributed by atoms with Crippen molar-refractivity contribution in [3.8, 4) is 0 Å². The minimum absolute atomic E-state index is 0.128. The van der Waals surface area contributed by atoms with Crippen LogP contribution in [0.4, 0.5) is 5.69 Å². The highest BCUT2D eigenvalue weighted by Crippen LogP contribution is 2.25. The van der Waals surface area contributed by atoms with Gasteiger partial charge in [-0.2, -0.15) is 0 Å². The summed E-state index contributed by atoms with van der Waals surface area (Å²) in [6.45, 7) is 14.8. The van der Waals surface area contributed by atoms with E-state index in [1.165, 1.54) is 12.1 Å². The smallest absolute Gasteiger partial charge is 0.334 e. The fourth-order valence-corrected chi connectivity index (χ4v) is 6.85.